The second-order valence-electron chi connectivity index (χ2n) is 9.32. The van der Waals surface area contributed by atoms with Crippen LogP contribution in [0.5, 0.6) is 5.75 Å². The van der Waals surface area contributed by atoms with Crippen molar-refractivity contribution in [2.24, 2.45) is 0 Å². The van der Waals surface area contributed by atoms with Gasteiger partial charge >= 0.3 is 17.6 Å². The molecule has 0 radical (unpaired) electrons. The summed E-state index contributed by atoms with van der Waals surface area (Å²) in [6.07, 6.45) is 0. The van der Waals surface area contributed by atoms with E-state index in [-0.39, 0.29) is 11.3 Å². The first kappa shape index (κ1) is 28.3. The van der Waals surface area contributed by atoms with E-state index in [0.29, 0.717) is 0 Å². The number of amides is 3. The number of nitrogens with zero attached hydrogens (tertiary/aromatic N) is 2. The van der Waals surface area contributed by atoms with E-state index in [9.17, 15) is 38.7 Å². The number of aromatic hydroxyl groups is 1. The van der Waals surface area contributed by atoms with Gasteiger partial charge in [-0.2, -0.15) is 5.10 Å². The van der Waals surface area contributed by atoms with E-state index in [2.05, 4.69) is 20.5 Å². The summed E-state index contributed by atoms with van der Waals surface area (Å²) in [5.41, 5.74) is -2.55. The summed E-state index contributed by atoms with van der Waals surface area (Å²) in [5, 5.41) is 19.2. The Morgan fingerprint density at radius 1 is 1.15 bits per heavy atom. The van der Waals surface area contributed by atoms with Crippen LogP contribution in [-0.4, -0.2) is 83.8 Å². The summed E-state index contributed by atoms with van der Waals surface area (Å²) < 4.78 is 8.80. The van der Waals surface area contributed by atoms with Gasteiger partial charge in [-0.05, 0) is 31.5 Å². The Kier molecular flexibility index (Phi) is 7.68. The van der Waals surface area contributed by atoms with Crippen LogP contribution in [0, 0.1) is 0 Å². The van der Waals surface area contributed by atoms with E-state index in [1.54, 1.807) is 13.8 Å². The predicted molar refractivity (Wildman–Crippen MR) is 135 cm³/mol. The zero-order valence-corrected chi connectivity index (χ0v) is 22.1. The molecule has 0 aliphatic carbocycles. The molecule has 4 atom stereocenters. The third-order valence-electron chi connectivity index (χ3n) is 6.12. The number of phenolic OH excluding ortho intramolecular Hbond substituents is 1. The quantitative estimate of drug-likeness (QED) is 0.134. The van der Waals surface area contributed by atoms with Crippen molar-refractivity contribution in [2.45, 2.75) is 49.0 Å². The number of fused-ring (bicyclic) bond motifs is 1. The number of aromatic nitrogens is 3. The molecule has 0 spiro atoms. The molecule has 3 amide bonds. The van der Waals surface area contributed by atoms with Crippen LogP contribution in [0.3, 0.4) is 0 Å². The fraction of sp³-hybridized carbons (Fsp3) is 0.391. The van der Waals surface area contributed by atoms with Crippen molar-refractivity contribution in [3.05, 3.63) is 56.4 Å². The molecule has 0 saturated carbocycles. The van der Waals surface area contributed by atoms with Crippen LogP contribution in [0.15, 0.2) is 33.9 Å². The maximum Gasteiger partial charge on any atom is 0.342 e. The lowest BCUT2D eigenvalue weighted by molar-refractivity contribution is -0.175. The van der Waals surface area contributed by atoms with Gasteiger partial charge in [0.1, 0.15) is 29.2 Å². The Hall–Kier alpha value is -4.67. The Balaban J connectivity index is 1.52. The van der Waals surface area contributed by atoms with Gasteiger partial charge in [0, 0.05) is 11.7 Å². The SMILES string of the molecule is CC(=O)OCOC(=O)[C@@H]1N2C(=O)[C@@H](NC(=O)C(NC(=O)c3n[nH]c(=O)[nH]c3=O)c3ccc(O)cc3)[C@H]2SC1(C)C. The minimum absolute atomic E-state index is 0.117. The normalized spacial score (nSPS) is 21.4. The van der Waals surface area contributed by atoms with Crippen molar-refractivity contribution in [2.75, 3.05) is 6.79 Å². The molecule has 2 aliphatic heterocycles. The molecular weight excluding hydrogens is 552 g/mol. The zero-order valence-electron chi connectivity index (χ0n) is 21.3. The minimum Gasteiger partial charge on any atom is -0.508 e. The Morgan fingerprint density at radius 2 is 1.82 bits per heavy atom. The molecule has 0 bridgehead atoms. The summed E-state index contributed by atoms with van der Waals surface area (Å²) in [6, 6.07) is 1.68. The predicted octanol–water partition coefficient (Wildman–Crippen LogP) is -1.75. The van der Waals surface area contributed by atoms with Gasteiger partial charge in [0.2, 0.25) is 24.3 Å². The molecule has 3 heterocycles. The molecule has 40 heavy (non-hydrogen) atoms. The summed E-state index contributed by atoms with van der Waals surface area (Å²) in [6.45, 7) is 3.97. The standard InChI is InChI=1S/C23H24N6O10S/c1-9(30)38-8-39-21(36)15-23(2,3)40-20-14(19(35)29(15)20)25-16(32)12(10-4-6-11(31)7-5-10)24-17(33)13-18(34)26-22(37)28-27-13/h4-7,12,14-15,20,31H,8H2,1-3H3,(H,24,33)(H,25,32)(H2,26,28,34,37)/t12?,14-,15+,20-/m1/s1. The number of rotatable bonds is 8. The van der Waals surface area contributed by atoms with Crippen molar-refractivity contribution in [3.8, 4) is 5.75 Å². The lowest BCUT2D eigenvalue weighted by Crippen LogP contribution is -2.71. The summed E-state index contributed by atoms with van der Waals surface area (Å²) in [7, 11) is 0. The van der Waals surface area contributed by atoms with Crippen LogP contribution in [0.4, 0.5) is 0 Å². The van der Waals surface area contributed by atoms with Gasteiger partial charge in [0.25, 0.3) is 11.5 Å². The highest BCUT2D eigenvalue weighted by Crippen LogP contribution is 2.51. The molecule has 1 aromatic carbocycles. The number of esters is 2. The average Bonchev–Trinajstić information content (AvgIpc) is 3.13. The molecular formula is C23H24N6O10S. The molecule has 1 aromatic heterocycles. The van der Waals surface area contributed by atoms with E-state index in [4.69, 9.17) is 4.74 Å². The molecule has 17 heteroatoms. The first-order valence-electron chi connectivity index (χ1n) is 11.7. The van der Waals surface area contributed by atoms with E-state index < -0.39 is 81.6 Å². The second kappa shape index (κ2) is 10.8. The molecule has 2 saturated heterocycles. The molecule has 16 nitrogen and oxygen atoms in total. The number of carbonyl (C=O) groups is 5. The molecule has 1 unspecified atom stereocenters. The fourth-order valence-corrected chi connectivity index (χ4v) is 5.90. The number of phenols is 1. The number of thioether (sulfide) groups is 1. The van der Waals surface area contributed by atoms with Crippen molar-refractivity contribution in [3.63, 3.8) is 0 Å². The third kappa shape index (κ3) is 5.54. The summed E-state index contributed by atoms with van der Waals surface area (Å²) in [5.74, 6) is -4.07. The molecule has 5 N–H and O–H groups in total. The molecule has 2 aromatic rings. The van der Waals surface area contributed by atoms with E-state index in [1.807, 2.05) is 10.1 Å². The largest absolute Gasteiger partial charge is 0.508 e. The Bertz CT molecular complexity index is 1490. The second-order valence-corrected chi connectivity index (χ2v) is 11.1. The minimum atomic E-state index is -1.45. The van der Waals surface area contributed by atoms with Gasteiger partial charge in [-0.3, -0.25) is 29.0 Å². The lowest BCUT2D eigenvalue weighted by Gasteiger charge is -2.44. The van der Waals surface area contributed by atoms with Crippen LogP contribution in [0.2, 0.25) is 0 Å². The maximum absolute atomic E-state index is 13.4. The van der Waals surface area contributed by atoms with Gasteiger partial charge in [-0.1, -0.05) is 12.1 Å². The first-order valence-corrected chi connectivity index (χ1v) is 12.6. The van der Waals surface area contributed by atoms with Crippen LogP contribution >= 0.6 is 11.8 Å². The highest BCUT2D eigenvalue weighted by atomic mass is 32.2. The summed E-state index contributed by atoms with van der Waals surface area (Å²) in [4.78, 5) is 89.3. The number of H-pyrrole nitrogens is 2. The monoisotopic (exact) mass is 576 g/mol. The number of ether oxygens (including phenoxy) is 2. The first-order chi connectivity index (χ1) is 18.8. The Labute approximate surface area is 228 Å². The van der Waals surface area contributed by atoms with Crippen LogP contribution in [0.1, 0.15) is 42.9 Å². The Morgan fingerprint density at radius 3 is 2.45 bits per heavy atom. The molecule has 4 rings (SSSR count). The van der Waals surface area contributed by atoms with Crippen LogP contribution < -0.4 is 21.9 Å². The molecule has 2 fully saturated rings. The number of aromatic amines is 2. The van der Waals surface area contributed by atoms with Crippen molar-refractivity contribution in [1.29, 1.82) is 0 Å². The van der Waals surface area contributed by atoms with Gasteiger partial charge in [0.05, 0.1) is 0 Å². The topological polar surface area (TPSA) is 230 Å². The van der Waals surface area contributed by atoms with Gasteiger partial charge in [-0.15, -0.1) is 11.8 Å². The highest BCUT2D eigenvalue weighted by Gasteiger charge is 2.64. The van der Waals surface area contributed by atoms with Crippen molar-refractivity contribution >= 4 is 41.4 Å². The van der Waals surface area contributed by atoms with E-state index in [0.717, 1.165) is 6.92 Å². The van der Waals surface area contributed by atoms with Gasteiger partial charge in [-0.25, -0.2) is 14.7 Å². The van der Waals surface area contributed by atoms with Crippen molar-refractivity contribution in [1.82, 2.24) is 30.7 Å². The van der Waals surface area contributed by atoms with Gasteiger partial charge < -0.3 is 30.1 Å². The number of hydrogen-bond acceptors (Lipinski definition) is 12. The van der Waals surface area contributed by atoms with E-state index >= 15 is 0 Å². The number of hydrogen-bond donors (Lipinski definition) is 5. The molecule has 2 aliphatic rings. The highest BCUT2D eigenvalue weighted by molar-refractivity contribution is 8.01. The fourth-order valence-electron chi connectivity index (χ4n) is 4.28. The number of β-lactam (4-membered cyclic amide) rings is 1. The smallest absolute Gasteiger partial charge is 0.342 e. The van der Waals surface area contributed by atoms with E-state index in [1.165, 1.54) is 40.9 Å². The number of carbonyl (C=O) groups excluding carboxylic acids is 5. The van der Waals surface area contributed by atoms with Crippen LogP contribution in [0.25, 0.3) is 0 Å². The van der Waals surface area contributed by atoms with Gasteiger partial charge in [0.15, 0.2) is 0 Å². The maximum atomic E-state index is 13.4. The van der Waals surface area contributed by atoms with Crippen LogP contribution in [-0.2, 0) is 28.7 Å². The number of benzene rings is 1. The lowest BCUT2D eigenvalue weighted by atomic mass is 9.95. The average molecular weight is 577 g/mol. The third-order valence-corrected chi connectivity index (χ3v) is 7.69. The van der Waals surface area contributed by atoms with Crippen molar-refractivity contribution < 1.29 is 38.6 Å². The zero-order chi connectivity index (χ0) is 29.4. The summed E-state index contributed by atoms with van der Waals surface area (Å²) >= 11 is 1.24. The molecule has 212 valence electrons. The number of nitrogens with one attached hydrogen (secondary N) is 4.